The highest BCUT2D eigenvalue weighted by molar-refractivity contribution is 6.00. The molecule has 1 aromatic carbocycles. The van der Waals surface area contributed by atoms with Gasteiger partial charge in [-0.3, -0.25) is 4.98 Å². The minimum absolute atomic E-state index is 0.0247. The van der Waals surface area contributed by atoms with Crippen LogP contribution in [0.4, 0.5) is 4.39 Å². The molecule has 7 heteroatoms. The molecule has 2 heterocycles. The van der Waals surface area contributed by atoms with E-state index in [0.717, 1.165) is 43.4 Å². The summed E-state index contributed by atoms with van der Waals surface area (Å²) in [6.07, 6.45) is 9.25. The smallest absolute Gasteiger partial charge is 0.226 e. The average Bonchev–Trinajstić information content (AvgIpc) is 3.39. The van der Waals surface area contributed by atoms with Gasteiger partial charge in [0.05, 0.1) is 12.3 Å². The van der Waals surface area contributed by atoms with Crippen LogP contribution < -0.4 is 4.74 Å². The molecule has 0 saturated heterocycles. The number of benzene rings is 1. The monoisotopic (exact) mass is 482 g/mol. The summed E-state index contributed by atoms with van der Waals surface area (Å²) in [7, 11) is 0. The van der Waals surface area contributed by atoms with Gasteiger partial charge in [-0.1, -0.05) is 32.1 Å². The van der Waals surface area contributed by atoms with Gasteiger partial charge < -0.3 is 9.53 Å². The van der Waals surface area contributed by atoms with Crippen molar-refractivity contribution in [1.82, 2.24) is 15.0 Å². The molecule has 3 aromatic rings. The number of para-hydroxylation sites is 1. The Kier molecular flexibility index (Phi) is 5.36. The average molecular weight is 483 g/mol. The van der Waals surface area contributed by atoms with Crippen molar-refractivity contribution >= 4 is 16.7 Å². The minimum atomic E-state index is -0.611. The second-order valence-corrected chi connectivity index (χ2v) is 10.4. The Morgan fingerprint density at radius 3 is 2.75 bits per heavy atom. The standard InChI is InChI=1S/C29H27FN4O2/c1-16-21-12-11-20-26(29(21,2)15-23(31-3)25(16)35)33-27(34-28(20)36-17-7-4-5-8-17)19-13-14-32-24-18(19)9-6-10-22(24)30/h6,9-10,13-17,21H,4-5,7-8,11-12H2,1-2H3/t16-,21-,29-/m1/s1. The van der Waals surface area contributed by atoms with Gasteiger partial charge in [0.1, 0.15) is 17.4 Å². The van der Waals surface area contributed by atoms with Gasteiger partial charge in [-0.2, -0.15) is 4.98 Å². The quantitative estimate of drug-likeness (QED) is 0.429. The fraction of sp³-hybridized carbons (Fsp3) is 0.414. The van der Waals surface area contributed by atoms with Crippen molar-refractivity contribution in [3.05, 3.63) is 70.7 Å². The number of aromatic nitrogens is 3. The highest BCUT2D eigenvalue weighted by atomic mass is 19.1. The molecular formula is C29H27FN4O2. The van der Waals surface area contributed by atoms with Crippen molar-refractivity contribution < 1.29 is 13.9 Å². The molecule has 1 saturated carbocycles. The lowest BCUT2D eigenvalue weighted by Crippen LogP contribution is -2.46. The number of rotatable bonds is 3. The predicted molar refractivity (Wildman–Crippen MR) is 134 cm³/mol. The SMILES string of the molecule is [C-]#[N+]C1=C[C@@]2(C)c3nc(-c4ccnc5c(F)cccc45)nc(OC4CCCC4)c3CC[C@@H]2[C@@H](C)C1=O. The summed E-state index contributed by atoms with van der Waals surface area (Å²) < 4.78 is 21.1. The highest BCUT2D eigenvalue weighted by Gasteiger charge is 2.50. The van der Waals surface area contributed by atoms with Crippen LogP contribution in [0.25, 0.3) is 27.1 Å². The van der Waals surface area contributed by atoms with Crippen LogP contribution in [-0.4, -0.2) is 26.8 Å². The number of allylic oxidation sites excluding steroid dienone is 2. The van der Waals surface area contributed by atoms with Crippen LogP contribution in [0, 0.1) is 24.2 Å². The van der Waals surface area contributed by atoms with E-state index in [2.05, 4.69) is 16.8 Å². The number of carbonyl (C=O) groups is 1. The Morgan fingerprint density at radius 2 is 1.97 bits per heavy atom. The van der Waals surface area contributed by atoms with E-state index in [4.69, 9.17) is 21.3 Å². The number of ketones is 1. The molecule has 6 rings (SSSR count). The number of pyridine rings is 1. The molecule has 0 radical (unpaired) electrons. The van der Waals surface area contributed by atoms with Crippen molar-refractivity contribution in [1.29, 1.82) is 0 Å². The van der Waals surface area contributed by atoms with E-state index in [1.54, 1.807) is 18.3 Å². The fourth-order valence-corrected chi connectivity index (χ4v) is 6.43. The Balaban J connectivity index is 1.60. The van der Waals surface area contributed by atoms with Gasteiger partial charge >= 0.3 is 0 Å². The van der Waals surface area contributed by atoms with Gasteiger partial charge in [0.25, 0.3) is 0 Å². The van der Waals surface area contributed by atoms with Crippen LogP contribution in [0.5, 0.6) is 5.88 Å². The Bertz CT molecular complexity index is 1470. The molecular weight excluding hydrogens is 455 g/mol. The first-order chi connectivity index (χ1) is 17.4. The third-order valence-corrected chi connectivity index (χ3v) is 8.32. The number of hydrogen-bond acceptors (Lipinski definition) is 5. The summed E-state index contributed by atoms with van der Waals surface area (Å²) in [5, 5.41) is 0.631. The summed E-state index contributed by atoms with van der Waals surface area (Å²) in [5.74, 6) is 0.283. The van der Waals surface area contributed by atoms with Gasteiger partial charge in [0.15, 0.2) is 11.6 Å². The molecule has 0 aliphatic heterocycles. The molecule has 0 bridgehead atoms. The van der Waals surface area contributed by atoms with E-state index in [-0.39, 0.29) is 34.9 Å². The molecule has 36 heavy (non-hydrogen) atoms. The second kappa shape index (κ2) is 8.48. The highest BCUT2D eigenvalue weighted by Crippen LogP contribution is 2.51. The van der Waals surface area contributed by atoms with Crippen molar-refractivity contribution in [2.24, 2.45) is 11.8 Å². The number of nitrogens with zero attached hydrogens (tertiary/aromatic N) is 4. The van der Waals surface area contributed by atoms with Crippen molar-refractivity contribution in [2.45, 2.75) is 63.9 Å². The maximum Gasteiger partial charge on any atom is 0.226 e. The lowest BCUT2D eigenvalue weighted by Gasteiger charge is -2.46. The largest absolute Gasteiger partial charge is 0.474 e. The zero-order valence-electron chi connectivity index (χ0n) is 20.4. The maximum atomic E-state index is 14.6. The van der Waals surface area contributed by atoms with Gasteiger partial charge in [-0.25, -0.2) is 14.2 Å². The zero-order valence-corrected chi connectivity index (χ0v) is 20.4. The summed E-state index contributed by atoms with van der Waals surface area (Å²) in [6, 6.07) is 6.68. The van der Waals surface area contributed by atoms with Gasteiger partial charge in [0, 0.05) is 34.0 Å². The summed E-state index contributed by atoms with van der Waals surface area (Å²) >= 11 is 0. The second-order valence-electron chi connectivity index (χ2n) is 10.4. The van der Waals surface area contributed by atoms with E-state index >= 15 is 0 Å². The van der Waals surface area contributed by atoms with E-state index in [1.165, 1.54) is 6.07 Å². The van der Waals surface area contributed by atoms with Crippen LogP contribution in [0.15, 0.2) is 42.2 Å². The number of Topliss-reactive ketones (excluding diaryl/α,β-unsaturated/α-hetero) is 1. The first-order valence-corrected chi connectivity index (χ1v) is 12.7. The van der Waals surface area contributed by atoms with Crippen LogP contribution >= 0.6 is 0 Å². The van der Waals surface area contributed by atoms with Crippen LogP contribution in [0.2, 0.25) is 0 Å². The summed E-state index contributed by atoms with van der Waals surface area (Å²) in [4.78, 5) is 30.6. The summed E-state index contributed by atoms with van der Waals surface area (Å²) in [6.45, 7) is 11.6. The maximum absolute atomic E-state index is 14.6. The number of carbonyl (C=O) groups excluding carboxylic acids is 1. The molecule has 2 aromatic heterocycles. The number of ether oxygens (including phenoxy) is 1. The number of halogens is 1. The van der Waals surface area contributed by atoms with Crippen LogP contribution in [0.3, 0.4) is 0 Å². The van der Waals surface area contributed by atoms with E-state index < -0.39 is 11.2 Å². The molecule has 3 atom stereocenters. The molecule has 0 amide bonds. The first-order valence-electron chi connectivity index (χ1n) is 12.7. The molecule has 6 nitrogen and oxygen atoms in total. The van der Waals surface area contributed by atoms with Crippen LogP contribution in [0.1, 0.15) is 57.2 Å². The van der Waals surface area contributed by atoms with Crippen molar-refractivity contribution in [3.8, 4) is 17.3 Å². The lowest BCUT2D eigenvalue weighted by molar-refractivity contribution is -0.121. The van der Waals surface area contributed by atoms with Crippen molar-refractivity contribution in [3.63, 3.8) is 0 Å². The first kappa shape index (κ1) is 22.8. The molecule has 3 aliphatic carbocycles. The van der Waals surface area contributed by atoms with Crippen LogP contribution in [-0.2, 0) is 16.6 Å². The molecule has 3 aliphatic rings. The molecule has 0 spiro atoms. The zero-order chi connectivity index (χ0) is 25.0. The minimum Gasteiger partial charge on any atom is -0.474 e. The Labute approximate surface area is 209 Å². The van der Waals surface area contributed by atoms with E-state index in [0.29, 0.717) is 29.1 Å². The molecule has 0 unspecified atom stereocenters. The lowest BCUT2D eigenvalue weighted by atomic mass is 9.58. The van der Waals surface area contributed by atoms with E-state index in [9.17, 15) is 9.18 Å². The van der Waals surface area contributed by atoms with Gasteiger partial charge in [-0.15, -0.1) is 0 Å². The van der Waals surface area contributed by atoms with Gasteiger partial charge in [-0.05, 0) is 56.6 Å². The Morgan fingerprint density at radius 1 is 1.17 bits per heavy atom. The summed E-state index contributed by atoms with van der Waals surface area (Å²) in [5.41, 5.74) is 2.27. The van der Waals surface area contributed by atoms with Crippen molar-refractivity contribution in [2.75, 3.05) is 0 Å². The van der Waals surface area contributed by atoms with Gasteiger partial charge in [0.2, 0.25) is 11.6 Å². The topological polar surface area (TPSA) is 69.3 Å². The third-order valence-electron chi connectivity index (χ3n) is 8.32. The normalized spacial score (nSPS) is 25.7. The van der Waals surface area contributed by atoms with E-state index in [1.807, 2.05) is 19.1 Å². The molecule has 1 fully saturated rings. The third kappa shape index (κ3) is 3.42. The number of hydrogen-bond donors (Lipinski definition) is 0. The molecule has 0 N–H and O–H groups in total. The number of fused-ring (bicyclic) bond motifs is 4. The Hall–Kier alpha value is -3.66. The fourth-order valence-electron chi connectivity index (χ4n) is 6.43. The molecule has 182 valence electrons. The predicted octanol–water partition coefficient (Wildman–Crippen LogP) is 5.99.